The lowest BCUT2D eigenvalue weighted by Gasteiger charge is -2.27. The number of nitriles is 1. The summed E-state index contributed by atoms with van der Waals surface area (Å²) in [5, 5.41) is 8.70. The van der Waals surface area contributed by atoms with Crippen LogP contribution in [0.3, 0.4) is 0 Å². The van der Waals surface area contributed by atoms with Gasteiger partial charge in [-0.1, -0.05) is 25.2 Å². The number of rotatable bonds is 2. The molecular weight excluding hydrogens is 146 g/mol. The van der Waals surface area contributed by atoms with E-state index in [4.69, 9.17) is 5.26 Å². The van der Waals surface area contributed by atoms with E-state index >= 15 is 0 Å². The normalized spacial score (nSPS) is 34.7. The summed E-state index contributed by atoms with van der Waals surface area (Å²) < 4.78 is 0. The van der Waals surface area contributed by atoms with Gasteiger partial charge in [-0.15, -0.1) is 6.58 Å². The minimum Gasteiger partial charge on any atom is -0.198 e. The SMILES string of the molecule is C=C[C@H]1CCC(=C)[C@]1(C)CC#N. The molecule has 0 heterocycles. The number of allylic oxidation sites excluding steroid dienone is 2. The molecule has 1 saturated carbocycles. The van der Waals surface area contributed by atoms with E-state index in [1.165, 1.54) is 5.57 Å². The van der Waals surface area contributed by atoms with E-state index in [9.17, 15) is 0 Å². The van der Waals surface area contributed by atoms with Crippen LogP contribution in [0.4, 0.5) is 0 Å². The quantitative estimate of drug-likeness (QED) is 0.571. The first-order valence-corrected chi connectivity index (χ1v) is 4.33. The highest BCUT2D eigenvalue weighted by Crippen LogP contribution is 2.49. The molecule has 0 N–H and O–H groups in total. The van der Waals surface area contributed by atoms with Gasteiger partial charge in [-0.25, -0.2) is 0 Å². The third-order valence-electron chi connectivity index (χ3n) is 3.11. The van der Waals surface area contributed by atoms with E-state index in [2.05, 4.69) is 26.2 Å². The second kappa shape index (κ2) is 3.15. The Morgan fingerprint density at radius 2 is 2.50 bits per heavy atom. The minimum absolute atomic E-state index is 0.00347. The van der Waals surface area contributed by atoms with Crippen molar-refractivity contribution >= 4 is 0 Å². The van der Waals surface area contributed by atoms with Crippen molar-refractivity contribution in [2.24, 2.45) is 11.3 Å². The van der Waals surface area contributed by atoms with Crippen molar-refractivity contribution in [1.29, 1.82) is 5.26 Å². The standard InChI is InChI=1S/C11H15N/c1-4-10-6-5-9(2)11(10,3)7-8-12/h4,10H,1-2,5-7H2,3H3/t10-,11-/m0/s1. The van der Waals surface area contributed by atoms with Crippen molar-refractivity contribution in [3.05, 3.63) is 24.8 Å². The van der Waals surface area contributed by atoms with Crippen LogP contribution in [-0.4, -0.2) is 0 Å². The van der Waals surface area contributed by atoms with Crippen molar-refractivity contribution in [3.8, 4) is 6.07 Å². The molecule has 2 atom stereocenters. The summed E-state index contributed by atoms with van der Waals surface area (Å²) in [6.45, 7) is 9.95. The molecule has 1 fully saturated rings. The van der Waals surface area contributed by atoms with Gasteiger partial charge in [0.2, 0.25) is 0 Å². The van der Waals surface area contributed by atoms with Crippen molar-refractivity contribution in [2.75, 3.05) is 0 Å². The second-order valence-corrected chi connectivity index (χ2v) is 3.74. The minimum atomic E-state index is -0.00347. The van der Waals surface area contributed by atoms with Crippen molar-refractivity contribution in [3.63, 3.8) is 0 Å². The summed E-state index contributed by atoms with van der Waals surface area (Å²) in [7, 11) is 0. The maximum atomic E-state index is 8.70. The predicted molar refractivity (Wildman–Crippen MR) is 50.4 cm³/mol. The molecule has 1 aliphatic carbocycles. The van der Waals surface area contributed by atoms with Crippen LogP contribution in [0.1, 0.15) is 26.2 Å². The van der Waals surface area contributed by atoms with Gasteiger partial charge in [-0.3, -0.25) is 0 Å². The van der Waals surface area contributed by atoms with Gasteiger partial charge in [0.05, 0.1) is 6.07 Å². The van der Waals surface area contributed by atoms with Gasteiger partial charge in [0.15, 0.2) is 0 Å². The Kier molecular flexibility index (Phi) is 2.38. The highest BCUT2D eigenvalue weighted by molar-refractivity contribution is 5.21. The molecule has 0 spiro atoms. The Morgan fingerprint density at radius 3 is 3.00 bits per heavy atom. The molecule has 0 radical (unpaired) electrons. The Bertz CT molecular complexity index is 246. The highest BCUT2D eigenvalue weighted by atomic mass is 14.4. The van der Waals surface area contributed by atoms with E-state index < -0.39 is 0 Å². The van der Waals surface area contributed by atoms with E-state index in [0.29, 0.717) is 12.3 Å². The van der Waals surface area contributed by atoms with Crippen LogP contribution in [0.25, 0.3) is 0 Å². The summed E-state index contributed by atoms with van der Waals surface area (Å²) in [5.74, 6) is 0.449. The maximum absolute atomic E-state index is 8.70. The van der Waals surface area contributed by atoms with Gasteiger partial charge in [0, 0.05) is 11.8 Å². The fourth-order valence-corrected chi connectivity index (χ4v) is 1.99. The fourth-order valence-electron chi connectivity index (χ4n) is 1.99. The van der Waals surface area contributed by atoms with Crippen LogP contribution in [0.15, 0.2) is 24.8 Å². The van der Waals surface area contributed by atoms with Crippen LogP contribution < -0.4 is 0 Å². The third kappa shape index (κ3) is 1.18. The molecule has 12 heavy (non-hydrogen) atoms. The topological polar surface area (TPSA) is 23.8 Å². The zero-order valence-corrected chi connectivity index (χ0v) is 7.64. The Hall–Kier alpha value is -1.03. The van der Waals surface area contributed by atoms with Crippen molar-refractivity contribution in [2.45, 2.75) is 26.2 Å². The molecule has 1 heteroatoms. The summed E-state index contributed by atoms with van der Waals surface area (Å²) in [6, 6.07) is 2.24. The Morgan fingerprint density at radius 1 is 1.83 bits per heavy atom. The average molecular weight is 161 g/mol. The summed E-state index contributed by atoms with van der Waals surface area (Å²) >= 11 is 0. The lowest BCUT2D eigenvalue weighted by Crippen LogP contribution is -2.20. The Balaban J connectivity index is 2.89. The molecule has 0 bridgehead atoms. The second-order valence-electron chi connectivity index (χ2n) is 3.74. The van der Waals surface area contributed by atoms with Crippen LogP contribution in [0, 0.1) is 22.7 Å². The molecule has 0 aromatic heterocycles. The van der Waals surface area contributed by atoms with E-state index in [1.807, 2.05) is 6.08 Å². The number of hydrogen-bond donors (Lipinski definition) is 0. The van der Waals surface area contributed by atoms with Gasteiger partial charge in [0.25, 0.3) is 0 Å². The molecule has 0 amide bonds. The van der Waals surface area contributed by atoms with Crippen molar-refractivity contribution < 1.29 is 0 Å². The number of nitrogens with zero attached hydrogens (tertiary/aromatic N) is 1. The summed E-state index contributed by atoms with van der Waals surface area (Å²) in [4.78, 5) is 0. The average Bonchev–Trinajstić information content (AvgIpc) is 2.30. The molecule has 0 saturated heterocycles. The van der Waals surface area contributed by atoms with E-state index in [0.717, 1.165) is 12.8 Å². The molecule has 0 aromatic carbocycles. The monoisotopic (exact) mass is 161 g/mol. The predicted octanol–water partition coefficient (Wildman–Crippen LogP) is 3.06. The molecule has 0 aromatic rings. The third-order valence-corrected chi connectivity index (χ3v) is 3.11. The van der Waals surface area contributed by atoms with E-state index in [-0.39, 0.29) is 5.41 Å². The zero-order valence-electron chi connectivity index (χ0n) is 7.64. The lowest BCUT2D eigenvalue weighted by atomic mass is 9.75. The van der Waals surface area contributed by atoms with Gasteiger partial charge >= 0.3 is 0 Å². The van der Waals surface area contributed by atoms with Crippen LogP contribution >= 0.6 is 0 Å². The molecule has 64 valence electrons. The number of hydrogen-bond acceptors (Lipinski definition) is 1. The van der Waals surface area contributed by atoms with E-state index in [1.54, 1.807) is 0 Å². The molecule has 1 aliphatic rings. The smallest absolute Gasteiger partial charge is 0.0631 e. The molecule has 1 nitrogen and oxygen atoms in total. The molecule has 1 rings (SSSR count). The lowest BCUT2D eigenvalue weighted by molar-refractivity contribution is 0.338. The first-order chi connectivity index (χ1) is 5.65. The van der Waals surface area contributed by atoms with Gasteiger partial charge < -0.3 is 0 Å². The molecule has 0 aliphatic heterocycles. The van der Waals surface area contributed by atoms with Crippen LogP contribution in [0.5, 0.6) is 0 Å². The summed E-state index contributed by atoms with van der Waals surface area (Å²) in [5.41, 5.74) is 1.21. The Labute approximate surface area is 74.4 Å². The summed E-state index contributed by atoms with van der Waals surface area (Å²) in [6.07, 6.45) is 4.70. The maximum Gasteiger partial charge on any atom is 0.0631 e. The first-order valence-electron chi connectivity index (χ1n) is 4.33. The van der Waals surface area contributed by atoms with Gasteiger partial charge in [0.1, 0.15) is 0 Å². The van der Waals surface area contributed by atoms with Crippen LogP contribution in [-0.2, 0) is 0 Å². The highest BCUT2D eigenvalue weighted by Gasteiger charge is 2.39. The fraction of sp³-hybridized carbons (Fsp3) is 0.545. The van der Waals surface area contributed by atoms with Gasteiger partial charge in [-0.05, 0) is 18.8 Å². The molecular formula is C11H15N. The van der Waals surface area contributed by atoms with Gasteiger partial charge in [-0.2, -0.15) is 5.26 Å². The zero-order chi connectivity index (χ0) is 9.19. The molecule has 0 unspecified atom stereocenters. The van der Waals surface area contributed by atoms with Crippen molar-refractivity contribution in [1.82, 2.24) is 0 Å². The largest absolute Gasteiger partial charge is 0.198 e. The van der Waals surface area contributed by atoms with Crippen LogP contribution in [0.2, 0.25) is 0 Å². The first kappa shape index (κ1) is 9.06.